The molecule has 3 aromatic rings. The third kappa shape index (κ3) is 4.63. The van der Waals surface area contributed by atoms with Crippen LogP contribution in [0.5, 0.6) is 0 Å². The molecule has 0 radical (unpaired) electrons. The number of amides is 1. The van der Waals surface area contributed by atoms with Gasteiger partial charge >= 0.3 is 5.97 Å². The summed E-state index contributed by atoms with van der Waals surface area (Å²) in [4.78, 5) is 35.4. The number of nitrogens with zero attached hydrogens (tertiary/aromatic N) is 5. The van der Waals surface area contributed by atoms with Gasteiger partial charge in [0.15, 0.2) is 5.82 Å². The van der Waals surface area contributed by atoms with Crippen molar-refractivity contribution in [3.05, 3.63) is 66.4 Å². The zero-order valence-corrected chi connectivity index (χ0v) is 17.4. The fourth-order valence-electron chi connectivity index (χ4n) is 3.99. The topological polar surface area (TPSA) is 101 Å². The first-order valence-electron chi connectivity index (χ1n) is 10.5. The van der Waals surface area contributed by atoms with E-state index in [0.717, 1.165) is 31.4 Å². The molecule has 160 valence electrons. The van der Waals surface area contributed by atoms with Gasteiger partial charge in [0.25, 0.3) is 0 Å². The number of carboxylic acid groups (broad SMARTS) is 1. The maximum Gasteiger partial charge on any atom is 0.341 e. The van der Waals surface area contributed by atoms with Crippen LogP contribution in [0.4, 0.5) is 5.82 Å². The van der Waals surface area contributed by atoms with Crippen LogP contribution in [-0.4, -0.2) is 36.7 Å². The second-order valence-corrected chi connectivity index (χ2v) is 8.03. The van der Waals surface area contributed by atoms with Crippen molar-refractivity contribution in [2.24, 2.45) is 11.8 Å². The number of carbonyl (C=O) groups is 2. The highest BCUT2D eigenvalue weighted by molar-refractivity contribution is 6.01. The minimum atomic E-state index is -1.13. The van der Waals surface area contributed by atoms with Gasteiger partial charge in [-0.2, -0.15) is 0 Å². The molecule has 1 aliphatic carbocycles. The Bertz CT molecular complexity index is 1040. The summed E-state index contributed by atoms with van der Waals surface area (Å²) in [6, 6.07) is 9.24. The smallest absolute Gasteiger partial charge is 0.341 e. The Kier molecular flexibility index (Phi) is 6.06. The van der Waals surface area contributed by atoms with Crippen molar-refractivity contribution in [1.29, 1.82) is 0 Å². The SMILES string of the molecule is C[C@H]1CC[C@H](C(=O)N(Cc2cnccn2)c2nn(-c3ccccc3)cc2C(=O)O)CC1. The fraction of sp³-hybridized carbons (Fsp3) is 0.348. The van der Waals surface area contributed by atoms with Gasteiger partial charge in [0.2, 0.25) is 5.91 Å². The van der Waals surface area contributed by atoms with Crippen molar-refractivity contribution in [1.82, 2.24) is 19.7 Å². The summed E-state index contributed by atoms with van der Waals surface area (Å²) in [6.07, 6.45) is 9.70. The number of carbonyl (C=O) groups excluding carboxylic acids is 1. The van der Waals surface area contributed by atoms with Crippen molar-refractivity contribution >= 4 is 17.7 Å². The Balaban J connectivity index is 1.74. The minimum Gasteiger partial charge on any atom is -0.477 e. The van der Waals surface area contributed by atoms with Gasteiger partial charge in [-0.3, -0.25) is 19.7 Å². The highest BCUT2D eigenvalue weighted by Crippen LogP contribution is 2.32. The lowest BCUT2D eigenvalue weighted by Crippen LogP contribution is -2.38. The average molecular weight is 419 g/mol. The number of hydrogen-bond acceptors (Lipinski definition) is 5. The predicted molar refractivity (Wildman–Crippen MR) is 115 cm³/mol. The van der Waals surface area contributed by atoms with E-state index < -0.39 is 5.97 Å². The second kappa shape index (κ2) is 9.07. The van der Waals surface area contributed by atoms with Gasteiger partial charge < -0.3 is 5.11 Å². The summed E-state index contributed by atoms with van der Waals surface area (Å²) in [5, 5.41) is 14.4. The van der Waals surface area contributed by atoms with Gasteiger partial charge in [-0.15, -0.1) is 5.10 Å². The summed E-state index contributed by atoms with van der Waals surface area (Å²) in [5.74, 6) is -0.670. The molecule has 8 nitrogen and oxygen atoms in total. The molecular weight excluding hydrogens is 394 g/mol. The van der Waals surface area contributed by atoms with Gasteiger partial charge in [0.05, 0.1) is 24.1 Å². The first-order chi connectivity index (χ1) is 15.0. The summed E-state index contributed by atoms with van der Waals surface area (Å²) in [7, 11) is 0. The predicted octanol–water partition coefficient (Wildman–Crippen LogP) is 3.72. The second-order valence-electron chi connectivity index (χ2n) is 8.03. The Hall–Kier alpha value is -3.55. The van der Waals surface area contributed by atoms with Crippen LogP contribution in [0.2, 0.25) is 0 Å². The van der Waals surface area contributed by atoms with E-state index in [1.807, 2.05) is 30.3 Å². The molecule has 0 unspecified atom stereocenters. The molecule has 8 heteroatoms. The highest BCUT2D eigenvalue weighted by atomic mass is 16.4. The Labute approximate surface area is 180 Å². The molecule has 1 saturated carbocycles. The minimum absolute atomic E-state index is 0.0229. The molecule has 1 aliphatic rings. The van der Waals surface area contributed by atoms with Crippen LogP contribution in [0.1, 0.15) is 48.7 Å². The highest BCUT2D eigenvalue weighted by Gasteiger charge is 2.33. The summed E-state index contributed by atoms with van der Waals surface area (Å²) in [6.45, 7) is 2.31. The molecule has 4 rings (SSSR count). The first-order valence-corrected chi connectivity index (χ1v) is 10.5. The Morgan fingerprint density at radius 2 is 1.87 bits per heavy atom. The van der Waals surface area contributed by atoms with Crippen molar-refractivity contribution in [2.45, 2.75) is 39.2 Å². The molecular formula is C23H25N5O3. The molecule has 1 aromatic carbocycles. The maximum atomic E-state index is 13.6. The van der Waals surface area contributed by atoms with E-state index in [9.17, 15) is 14.7 Å². The van der Waals surface area contributed by atoms with Crippen molar-refractivity contribution < 1.29 is 14.7 Å². The number of carboxylic acids is 1. The molecule has 0 bridgehead atoms. The molecule has 1 fully saturated rings. The Morgan fingerprint density at radius 3 is 2.52 bits per heavy atom. The van der Waals surface area contributed by atoms with Crippen molar-refractivity contribution in [3.8, 4) is 5.69 Å². The number of anilines is 1. The quantitative estimate of drug-likeness (QED) is 0.653. The van der Waals surface area contributed by atoms with Crippen molar-refractivity contribution in [2.75, 3.05) is 4.90 Å². The van der Waals surface area contributed by atoms with Crippen LogP contribution in [0, 0.1) is 11.8 Å². The normalized spacial score (nSPS) is 18.5. The number of para-hydroxylation sites is 1. The molecule has 2 heterocycles. The van der Waals surface area contributed by atoms with E-state index in [4.69, 9.17) is 0 Å². The van der Waals surface area contributed by atoms with Crippen LogP contribution < -0.4 is 4.90 Å². The third-order valence-electron chi connectivity index (χ3n) is 5.77. The number of benzene rings is 1. The summed E-state index contributed by atoms with van der Waals surface area (Å²) < 4.78 is 1.50. The third-order valence-corrected chi connectivity index (χ3v) is 5.77. The lowest BCUT2D eigenvalue weighted by molar-refractivity contribution is -0.123. The molecule has 31 heavy (non-hydrogen) atoms. The molecule has 2 aromatic heterocycles. The van der Waals surface area contributed by atoms with E-state index in [-0.39, 0.29) is 29.8 Å². The zero-order chi connectivity index (χ0) is 21.8. The molecule has 0 saturated heterocycles. The monoisotopic (exact) mass is 419 g/mol. The molecule has 1 amide bonds. The van der Waals surface area contributed by atoms with E-state index in [0.29, 0.717) is 11.6 Å². The van der Waals surface area contributed by atoms with Crippen LogP contribution in [0.15, 0.2) is 55.1 Å². The van der Waals surface area contributed by atoms with Crippen molar-refractivity contribution in [3.63, 3.8) is 0 Å². The standard InChI is InChI=1S/C23H25N5O3/c1-16-7-9-17(10-8-16)22(29)27(14-18-13-24-11-12-25-18)21-20(23(30)31)15-28(26-21)19-5-3-2-4-6-19/h2-6,11-13,15-17H,7-10,14H2,1H3,(H,30,31)/t16-,17-. The van der Waals surface area contributed by atoms with E-state index >= 15 is 0 Å². The van der Waals surface area contributed by atoms with Gasteiger partial charge in [0, 0.05) is 24.5 Å². The number of aromatic nitrogens is 4. The Morgan fingerprint density at radius 1 is 1.13 bits per heavy atom. The summed E-state index contributed by atoms with van der Waals surface area (Å²) >= 11 is 0. The van der Waals surface area contributed by atoms with Gasteiger partial charge in [-0.1, -0.05) is 25.1 Å². The van der Waals surface area contributed by atoms with Gasteiger partial charge in [-0.05, 0) is 43.7 Å². The molecule has 0 atom stereocenters. The number of rotatable bonds is 6. The maximum absolute atomic E-state index is 13.6. The lowest BCUT2D eigenvalue weighted by Gasteiger charge is -2.30. The number of aromatic carboxylic acids is 1. The largest absolute Gasteiger partial charge is 0.477 e. The van der Waals surface area contributed by atoms with E-state index in [1.165, 1.54) is 15.8 Å². The number of hydrogen-bond donors (Lipinski definition) is 1. The average Bonchev–Trinajstić information content (AvgIpc) is 3.24. The van der Waals surface area contributed by atoms with Crippen LogP contribution in [0.25, 0.3) is 5.69 Å². The first kappa shape index (κ1) is 20.7. The van der Waals surface area contributed by atoms with Gasteiger partial charge in [-0.25, -0.2) is 9.48 Å². The van der Waals surface area contributed by atoms with Crippen LogP contribution in [0.3, 0.4) is 0 Å². The van der Waals surface area contributed by atoms with E-state index in [1.54, 1.807) is 18.6 Å². The van der Waals surface area contributed by atoms with Crippen LogP contribution in [-0.2, 0) is 11.3 Å². The molecule has 1 N–H and O–H groups in total. The molecule has 0 aliphatic heterocycles. The van der Waals surface area contributed by atoms with Crippen LogP contribution >= 0.6 is 0 Å². The van der Waals surface area contributed by atoms with E-state index in [2.05, 4.69) is 22.0 Å². The van der Waals surface area contributed by atoms with Gasteiger partial charge in [0.1, 0.15) is 5.56 Å². The lowest BCUT2D eigenvalue weighted by atomic mass is 9.82. The molecule has 0 spiro atoms. The zero-order valence-electron chi connectivity index (χ0n) is 17.4. The fourth-order valence-corrected chi connectivity index (χ4v) is 3.99. The summed E-state index contributed by atoms with van der Waals surface area (Å²) in [5.41, 5.74) is 1.27.